The monoisotopic (exact) mass is 274 g/mol. The van der Waals surface area contributed by atoms with Gasteiger partial charge in [-0.3, -0.25) is 9.80 Å². The highest BCUT2D eigenvalue weighted by atomic mass is 16.5. The van der Waals surface area contributed by atoms with Crippen molar-refractivity contribution in [2.24, 2.45) is 0 Å². The minimum absolute atomic E-state index is 0.235. The normalized spacial score (nSPS) is 28.6. The van der Waals surface area contributed by atoms with Gasteiger partial charge in [-0.05, 0) is 26.3 Å². The minimum atomic E-state index is 0.235. The van der Waals surface area contributed by atoms with Crippen molar-refractivity contribution in [3.63, 3.8) is 0 Å². The van der Waals surface area contributed by atoms with E-state index in [9.17, 15) is 0 Å². The maximum Gasteiger partial charge on any atom is 0.0870 e. The molecule has 0 amide bonds. The molecular weight excluding hydrogens is 248 g/mol. The number of likely N-dealkylation sites (tertiary alicyclic amines) is 1. The summed E-state index contributed by atoms with van der Waals surface area (Å²) in [6.45, 7) is 12.0. The summed E-state index contributed by atoms with van der Waals surface area (Å²) in [5.41, 5.74) is 1.64. The summed E-state index contributed by atoms with van der Waals surface area (Å²) in [6.07, 6.45) is 0.381. The zero-order valence-corrected chi connectivity index (χ0v) is 12.9. The van der Waals surface area contributed by atoms with Gasteiger partial charge in [-0.15, -0.1) is 0 Å². The molecular formula is C17H26N2O. The van der Waals surface area contributed by atoms with Crippen LogP contribution in [0.4, 0.5) is 0 Å². The van der Waals surface area contributed by atoms with Crippen molar-refractivity contribution >= 4 is 0 Å². The number of fused-ring (bicyclic) bond motifs is 1. The molecule has 2 atom stereocenters. The molecule has 0 bridgehead atoms. The number of ether oxygens (including phenoxy) is 1. The second-order valence-electron chi connectivity index (χ2n) is 7.01. The molecule has 0 saturated carbocycles. The van der Waals surface area contributed by atoms with Crippen LogP contribution >= 0.6 is 0 Å². The molecule has 3 heteroatoms. The molecule has 2 aliphatic heterocycles. The van der Waals surface area contributed by atoms with Crippen LogP contribution in [0, 0.1) is 0 Å². The zero-order valence-electron chi connectivity index (χ0n) is 12.9. The molecule has 1 aromatic rings. The molecule has 0 radical (unpaired) electrons. The van der Waals surface area contributed by atoms with E-state index in [-0.39, 0.29) is 5.54 Å². The highest BCUT2D eigenvalue weighted by Gasteiger charge is 2.42. The van der Waals surface area contributed by atoms with Crippen molar-refractivity contribution in [1.82, 2.24) is 9.80 Å². The van der Waals surface area contributed by atoms with Gasteiger partial charge < -0.3 is 4.74 Å². The Morgan fingerprint density at radius 3 is 2.60 bits per heavy atom. The van der Waals surface area contributed by atoms with Gasteiger partial charge in [0.1, 0.15) is 0 Å². The van der Waals surface area contributed by atoms with Gasteiger partial charge in [-0.1, -0.05) is 30.3 Å². The van der Waals surface area contributed by atoms with Gasteiger partial charge in [0.15, 0.2) is 0 Å². The summed E-state index contributed by atoms with van der Waals surface area (Å²) in [5, 5.41) is 0. The Morgan fingerprint density at radius 1 is 1.15 bits per heavy atom. The molecule has 2 heterocycles. The van der Waals surface area contributed by atoms with E-state index >= 15 is 0 Å². The average molecular weight is 274 g/mol. The van der Waals surface area contributed by atoms with Gasteiger partial charge in [0, 0.05) is 31.7 Å². The van der Waals surface area contributed by atoms with Gasteiger partial charge in [0.2, 0.25) is 0 Å². The number of hydrogen-bond donors (Lipinski definition) is 0. The van der Waals surface area contributed by atoms with E-state index in [1.54, 1.807) is 0 Å². The quantitative estimate of drug-likeness (QED) is 0.823. The molecule has 20 heavy (non-hydrogen) atoms. The lowest BCUT2D eigenvalue weighted by Gasteiger charge is -2.37. The standard InChI is InChI=1S/C17H26N2O/c1-17(2,3)19-12-15-16(13-19)20-10-9-18(15)11-14-7-5-4-6-8-14/h4-8,15-16H,9-13H2,1-3H3. The first-order chi connectivity index (χ1) is 9.54. The van der Waals surface area contributed by atoms with Crippen LogP contribution in [0.15, 0.2) is 30.3 Å². The molecule has 0 aliphatic carbocycles. The second kappa shape index (κ2) is 5.47. The van der Waals surface area contributed by atoms with Crippen LogP contribution in [-0.2, 0) is 11.3 Å². The van der Waals surface area contributed by atoms with E-state index in [1.165, 1.54) is 5.56 Å². The Kier molecular flexibility index (Phi) is 3.85. The highest BCUT2D eigenvalue weighted by molar-refractivity contribution is 5.15. The van der Waals surface area contributed by atoms with E-state index in [2.05, 4.69) is 60.9 Å². The third kappa shape index (κ3) is 2.90. The predicted molar refractivity (Wildman–Crippen MR) is 81.7 cm³/mol. The molecule has 2 fully saturated rings. The first-order valence-electron chi connectivity index (χ1n) is 7.69. The van der Waals surface area contributed by atoms with Crippen LogP contribution in [0.25, 0.3) is 0 Å². The van der Waals surface area contributed by atoms with Crippen molar-refractivity contribution in [1.29, 1.82) is 0 Å². The van der Waals surface area contributed by atoms with Crippen LogP contribution in [0.5, 0.6) is 0 Å². The van der Waals surface area contributed by atoms with Gasteiger partial charge in [-0.2, -0.15) is 0 Å². The van der Waals surface area contributed by atoms with Gasteiger partial charge in [-0.25, -0.2) is 0 Å². The minimum Gasteiger partial charge on any atom is -0.374 e. The van der Waals surface area contributed by atoms with Crippen LogP contribution in [0.3, 0.4) is 0 Å². The first-order valence-corrected chi connectivity index (χ1v) is 7.69. The lowest BCUT2D eigenvalue weighted by Crippen LogP contribution is -2.50. The molecule has 0 N–H and O–H groups in total. The van der Waals surface area contributed by atoms with E-state index < -0.39 is 0 Å². The fraction of sp³-hybridized carbons (Fsp3) is 0.647. The third-order valence-electron chi connectivity index (χ3n) is 4.59. The van der Waals surface area contributed by atoms with Crippen LogP contribution in [0.2, 0.25) is 0 Å². The largest absolute Gasteiger partial charge is 0.374 e. The van der Waals surface area contributed by atoms with E-state index in [1.807, 2.05) is 0 Å². The van der Waals surface area contributed by atoms with Crippen LogP contribution in [0.1, 0.15) is 26.3 Å². The molecule has 2 unspecified atom stereocenters. The molecule has 1 aromatic carbocycles. The molecule has 2 saturated heterocycles. The van der Waals surface area contributed by atoms with Gasteiger partial charge in [0.05, 0.1) is 18.8 Å². The van der Waals surface area contributed by atoms with Crippen molar-refractivity contribution in [2.75, 3.05) is 26.2 Å². The molecule has 110 valence electrons. The van der Waals surface area contributed by atoms with Crippen molar-refractivity contribution < 1.29 is 4.74 Å². The van der Waals surface area contributed by atoms with Gasteiger partial charge in [0.25, 0.3) is 0 Å². The molecule has 0 aromatic heterocycles. The maximum atomic E-state index is 6.01. The maximum absolute atomic E-state index is 6.01. The van der Waals surface area contributed by atoms with Crippen LogP contribution < -0.4 is 0 Å². The molecule has 2 aliphatic rings. The smallest absolute Gasteiger partial charge is 0.0870 e. The lowest BCUT2D eigenvalue weighted by molar-refractivity contribution is -0.0507. The Labute approximate surface area is 122 Å². The third-order valence-corrected chi connectivity index (χ3v) is 4.59. The molecule has 3 nitrogen and oxygen atoms in total. The lowest BCUT2D eigenvalue weighted by atomic mass is 10.1. The topological polar surface area (TPSA) is 15.7 Å². The Bertz CT molecular complexity index is 440. The van der Waals surface area contributed by atoms with Crippen LogP contribution in [-0.4, -0.2) is 53.7 Å². The van der Waals surface area contributed by atoms with Crippen molar-refractivity contribution in [3.05, 3.63) is 35.9 Å². The Hall–Kier alpha value is -0.900. The number of benzene rings is 1. The molecule has 0 spiro atoms. The number of nitrogens with zero attached hydrogens (tertiary/aromatic N) is 2. The number of hydrogen-bond acceptors (Lipinski definition) is 3. The summed E-state index contributed by atoms with van der Waals surface area (Å²) in [5.74, 6) is 0. The molecule has 3 rings (SSSR count). The highest BCUT2D eigenvalue weighted by Crippen LogP contribution is 2.28. The summed E-state index contributed by atoms with van der Waals surface area (Å²) < 4.78 is 6.01. The number of rotatable bonds is 2. The summed E-state index contributed by atoms with van der Waals surface area (Å²) in [7, 11) is 0. The summed E-state index contributed by atoms with van der Waals surface area (Å²) >= 11 is 0. The SMILES string of the molecule is CC(C)(C)N1CC2OCCN(Cc3ccccc3)C2C1. The van der Waals surface area contributed by atoms with Crippen molar-refractivity contribution in [2.45, 2.75) is 45.0 Å². The Morgan fingerprint density at radius 2 is 1.90 bits per heavy atom. The fourth-order valence-electron chi connectivity index (χ4n) is 3.32. The predicted octanol–water partition coefficient (Wildman–Crippen LogP) is 2.37. The summed E-state index contributed by atoms with van der Waals surface area (Å²) in [4.78, 5) is 5.17. The van der Waals surface area contributed by atoms with E-state index in [4.69, 9.17) is 4.74 Å². The van der Waals surface area contributed by atoms with E-state index in [0.717, 1.165) is 32.8 Å². The van der Waals surface area contributed by atoms with Crippen molar-refractivity contribution in [3.8, 4) is 0 Å². The van der Waals surface area contributed by atoms with Gasteiger partial charge >= 0.3 is 0 Å². The average Bonchev–Trinajstić information content (AvgIpc) is 2.85. The zero-order chi connectivity index (χ0) is 14.2. The van der Waals surface area contributed by atoms with E-state index in [0.29, 0.717) is 12.1 Å². The fourth-order valence-corrected chi connectivity index (χ4v) is 3.32. The summed E-state index contributed by atoms with van der Waals surface area (Å²) in [6, 6.07) is 11.3. The second-order valence-corrected chi connectivity index (χ2v) is 7.01. The Balaban J connectivity index is 1.70. The first kappa shape index (κ1) is 14.1. The number of morpholine rings is 1.